The quantitative estimate of drug-likeness (QED) is 0.551. The Bertz CT molecular complexity index is 646. The number of rotatable bonds is 6. The van der Waals surface area contributed by atoms with Crippen molar-refractivity contribution < 1.29 is 15.0 Å². The highest BCUT2D eigenvalue weighted by Gasteiger charge is 2.72. The second kappa shape index (κ2) is 7.87. The molecule has 4 rings (SSSR count). The van der Waals surface area contributed by atoms with E-state index in [0.717, 1.165) is 43.3 Å². The number of aliphatic hydroxyl groups excluding tert-OH is 1. The van der Waals surface area contributed by atoms with Crippen molar-refractivity contribution >= 4 is 6.29 Å². The minimum atomic E-state index is -1.02. The fourth-order valence-corrected chi connectivity index (χ4v) is 9.39. The predicted octanol–water partition coefficient (Wildman–Crippen LogP) is 5.62. The van der Waals surface area contributed by atoms with Gasteiger partial charge in [0.25, 0.3) is 0 Å². The second-order valence-electron chi connectivity index (χ2n) is 12.7. The van der Waals surface area contributed by atoms with Crippen LogP contribution in [-0.2, 0) is 4.79 Å². The predicted molar refractivity (Wildman–Crippen MR) is 121 cm³/mol. The zero-order valence-corrected chi connectivity index (χ0v) is 20.1. The third kappa shape index (κ3) is 3.16. The molecule has 4 aliphatic rings. The Labute approximate surface area is 184 Å². The van der Waals surface area contributed by atoms with Crippen LogP contribution in [0.3, 0.4) is 0 Å². The van der Waals surface area contributed by atoms with E-state index < -0.39 is 11.7 Å². The van der Waals surface area contributed by atoms with Crippen molar-refractivity contribution in [2.45, 2.75) is 111 Å². The van der Waals surface area contributed by atoms with Gasteiger partial charge in [0.2, 0.25) is 0 Å². The Morgan fingerprint density at radius 2 is 1.73 bits per heavy atom. The molecule has 4 aliphatic carbocycles. The fraction of sp³-hybridized carbons (Fsp3) is 0.963. The summed E-state index contributed by atoms with van der Waals surface area (Å²) in [6.07, 6.45) is 11.5. The van der Waals surface area contributed by atoms with E-state index in [1.807, 2.05) is 0 Å². The molecule has 0 aromatic carbocycles. The first-order valence-electron chi connectivity index (χ1n) is 12.9. The highest BCUT2D eigenvalue weighted by atomic mass is 16.3. The van der Waals surface area contributed by atoms with Crippen molar-refractivity contribution in [1.82, 2.24) is 0 Å². The van der Waals surface area contributed by atoms with E-state index in [9.17, 15) is 15.0 Å². The molecule has 0 aromatic heterocycles. The smallest absolute Gasteiger partial charge is 0.126 e. The Hall–Kier alpha value is -0.410. The summed E-state index contributed by atoms with van der Waals surface area (Å²) in [5, 5.41) is 22.3. The molecule has 30 heavy (non-hydrogen) atoms. The van der Waals surface area contributed by atoms with Crippen molar-refractivity contribution in [3.05, 3.63) is 0 Å². The lowest BCUT2D eigenvalue weighted by Crippen LogP contribution is -2.54. The standard InChI is InChI=1S/C27H46O3/c1-17(2)7-6-8-18(3)20-9-10-21-24-22(12-13-25(20,21)4)26(5)14-11-19(29)15-27(26,30)23(24)16-28/h16-24,29-30H,6-15H2,1-5H3/t18-,19+,20-,21+,22+,23-,24+,25-,26-,27-/m1/s1. The molecule has 0 aromatic rings. The van der Waals surface area contributed by atoms with Crippen molar-refractivity contribution in [2.75, 3.05) is 0 Å². The third-order valence-electron chi connectivity index (χ3n) is 11.0. The number of carbonyl (C=O) groups is 1. The number of carbonyl (C=O) groups excluding carboxylic acids is 1. The van der Waals surface area contributed by atoms with E-state index in [-0.39, 0.29) is 11.3 Å². The molecule has 0 bridgehead atoms. The molecule has 0 spiro atoms. The molecular weight excluding hydrogens is 372 g/mol. The Balaban J connectivity index is 1.59. The number of aliphatic hydroxyl groups is 2. The van der Waals surface area contributed by atoms with Gasteiger partial charge in [0.15, 0.2) is 0 Å². The SMILES string of the molecule is CC(C)CCC[C@@H](C)[C@H]1CC[C@H]2[C@@H]3[C@@H](C=O)[C@]4(O)C[C@@H](O)CC[C@]4(C)[C@H]3CC[C@]12C. The van der Waals surface area contributed by atoms with Crippen LogP contribution in [0.1, 0.15) is 98.8 Å². The molecule has 0 aliphatic heterocycles. The van der Waals surface area contributed by atoms with E-state index in [1.165, 1.54) is 38.5 Å². The molecular formula is C27H46O3. The molecule has 0 heterocycles. The zero-order chi connectivity index (χ0) is 21.9. The average Bonchev–Trinajstić information content (AvgIpc) is 3.11. The zero-order valence-electron chi connectivity index (χ0n) is 20.1. The summed E-state index contributed by atoms with van der Waals surface area (Å²) in [6.45, 7) is 11.9. The van der Waals surface area contributed by atoms with Crippen molar-refractivity contribution in [1.29, 1.82) is 0 Å². The van der Waals surface area contributed by atoms with Crippen LogP contribution >= 0.6 is 0 Å². The first-order valence-corrected chi connectivity index (χ1v) is 12.9. The van der Waals surface area contributed by atoms with Crippen LogP contribution in [0, 0.1) is 52.3 Å². The van der Waals surface area contributed by atoms with Crippen LogP contribution in [0.15, 0.2) is 0 Å². The van der Waals surface area contributed by atoms with E-state index in [4.69, 9.17) is 0 Å². The minimum Gasteiger partial charge on any atom is -0.393 e. The topological polar surface area (TPSA) is 57.5 Å². The van der Waals surface area contributed by atoms with Gasteiger partial charge in [-0.2, -0.15) is 0 Å². The van der Waals surface area contributed by atoms with Crippen LogP contribution in [0.2, 0.25) is 0 Å². The van der Waals surface area contributed by atoms with Gasteiger partial charge in [-0.3, -0.25) is 0 Å². The summed E-state index contributed by atoms with van der Waals surface area (Å²) >= 11 is 0. The van der Waals surface area contributed by atoms with Crippen molar-refractivity contribution in [3.63, 3.8) is 0 Å². The number of aldehydes is 1. The lowest BCUT2D eigenvalue weighted by Gasteiger charge is -2.52. The lowest BCUT2D eigenvalue weighted by atomic mass is 9.53. The normalized spacial score (nSPS) is 51.3. The van der Waals surface area contributed by atoms with Gasteiger partial charge in [-0.25, -0.2) is 0 Å². The molecule has 4 saturated carbocycles. The van der Waals surface area contributed by atoms with Gasteiger partial charge in [0.1, 0.15) is 6.29 Å². The Kier molecular flexibility index (Phi) is 5.97. The third-order valence-corrected chi connectivity index (χ3v) is 11.0. The van der Waals surface area contributed by atoms with E-state index in [0.29, 0.717) is 29.6 Å². The Morgan fingerprint density at radius 3 is 2.40 bits per heavy atom. The average molecular weight is 419 g/mol. The highest BCUT2D eigenvalue weighted by molar-refractivity contribution is 5.59. The monoisotopic (exact) mass is 418 g/mol. The van der Waals surface area contributed by atoms with Crippen LogP contribution in [0.5, 0.6) is 0 Å². The molecule has 4 fully saturated rings. The summed E-state index contributed by atoms with van der Waals surface area (Å²) in [7, 11) is 0. The van der Waals surface area contributed by atoms with Crippen LogP contribution in [0.25, 0.3) is 0 Å². The van der Waals surface area contributed by atoms with Gasteiger partial charge in [-0.15, -0.1) is 0 Å². The first-order chi connectivity index (χ1) is 14.1. The summed E-state index contributed by atoms with van der Waals surface area (Å²) in [4.78, 5) is 12.4. The molecule has 10 atom stereocenters. The second-order valence-corrected chi connectivity index (χ2v) is 12.7. The maximum Gasteiger partial charge on any atom is 0.126 e. The molecule has 0 amide bonds. The minimum absolute atomic E-state index is 0.217. The Morgan fingerprint density at radius 1 is 1.00 bits per heavy atom. The largest absolute Gasteiger partial charge is 0.393 e. The van der Waals surface area contributed by atoms with E-state index in [2.05, 4.69) is 34.6 Å². The summed E-state index contributed by atoms with van der Waals surface area (Å²) in [5.41, 5.74) is -0.933. The summed E-state index contributed by atoms with van der Waals surface area (Å²) in [5.74, 6) is 3.25. The van der Waals surface area contributed by atoms with Gasteiger partial charge in [-0.1, -0.05) is 53.9 Å². The highest BCUT2D eigenvalue weighted by Crippen LogP contribution is 2.72. The number of hydrogen-bond donors (Lipinski definition) is 2. The van der Waals surface area contributed by atoms with E-state index in [1.54, 1.807) is 0 Å². The summed E-state index contributed by atoms with van der Waals surface area (Å²) in [6, 6.07) is 0. The molecule has 0 unspecified atom stereocenters. The van der Waals surface area contributed by atoms with Gasteiger partial charge in [-0.05, 0) is 79.4 Å². The van der Waals surface area contributed by atoms with Crippen molar-refractivity contribution in [2.24, 2.45) is 52.3 Å². The maximum absolute atomic E-state index is 12.4. The molecule has 3 heteroatoms. The summed E-state index contributed by atoms with van der Waals surface area (Å²) < 4.78 is 0. The van der Waals surface area contributed by atoms with Gasteiger partial charge in [0.05, 0.1) is 11.7 Å². The van der Waals surface area contributed by atoms with Crippen LogP contribution in [-0.4, -0.2) is 28.2 Å². The first kappa shape index (κ1) is 22.8. The molecule has 2 N–H and O–H groups in total. The van der Waals surface area contributed by atoms with Crippen LogP contribution in [0.4, 0.5) is 0 Å². The number of hydrogen-bond acceptors (Lipinski definition) is 3. The molecule has 172 valence electrons. The fourth-order valence-electron chi connectivity index (χ4n) is 9.39. The molecule has 0 radical (unpaired) electrons. The van der Waals surface area contributed by atoms with Crippen LogP contribution < -0.4 is 0 Å². The molecule has 3 nitrogen and oxygen atoms in total. The lowest BCUT2D eigenvalue weighted by molar-refractivity contribution is -0.156. The van der Waals surface area contributed by atoms with Crippen molar-refractivity contribution in [3.8, 4) is 0 Å². The van der Waals surface area contributed by atoms with Gasteiger partial charge < -0.3 is 15.0 Å². The number of fused-ring (bicyclic) bond motifs is 5. The van der Waals surface area contributed by atoms with E-state index >= 15 is 0 Å². The molecule has 0 saturated heterocycles. The van der Waals surface area contributed by atoms with Gasteiger partial charge in [0, 0.05) is 17.8 Å². The van der Waals surface area contributed by atoms with Gasteiger partial charge >= 0.3 is 0 Å². The maximum atomic E-state index is 12.4.